The van der Waals surface area contributed by atoms with E-state index >= 15 is 0 Å². The molecule has 150 heavy (non-hydrogen) atoms. The number of carboxylic acids is 5. The van der Waals surface area contributed by atoms with Crippen LogP contribution >= 0.6 is 0 Å². The SMILES string of the molecule is O=C(O)[C@H]1O[C@@H](O)[C@H](O)[C@@H](O)[C@@H]1O[C@H]1O[C@H](CO)[C@@H](O[C@@H]2O[C@@H](C(=O)O)[C@@H](O[C@H]3O[C@H](CO)[C@@H](O[C@@H]4O[C@@H](C(=O)O)[C@@H](O[C@H]5O[C@H](CO)[C@@H](O[C@@H]6O[C@@H](C(=O)O)[C@@H](O[C@H]7O[C@H](CO)[C@@H](O[C@@H]8O[C@H](C(=O)O)[C@@H](O[C@H]9O[C@H](CO)[C@@H](O)[C@H](O)[C@H]9NC(=O)C(F)(F)F)[C@H](O)[C@H]8O)[C@H](O)[C@H]7NS(=O)(=O)O)[C@H](O)[C@H]6OS(=O)(=O)O)[C@H](O)[C@H]5NS(=O)(=O)O)[C@H](O)[C@H]4OS(=O)(=O)O)[C@H](O)[C@H]3NS(=O)(=O)O)[C@H](O)[C@@H]2OS(=O)(=O)O)[C@H](O)[C@H]1NS(=O)(=O)O. The maximum absolute atomic E-state index is 13.4. The van der Waals surface area contributed by atoms with Gasteiger partial charge in [0.25, 0.3) is 0 Å². The second-order valence-electron chi connectivity index (χ2n) is 33.2. The number of carbonyl (C=O) groups is 6. The van der Waals surface area contributed by atoms with Crippen LogP contribution in [-0.2, 0) is 204 Å². The lowest BCUT2D eigenvalue weighted by molar-refractivity contribution is -0.381. The van der Waals surface area contributed by atoms with Gasteiger partial charge in [-0.2, -0.15) is 91.0 Å². The number of ether oxygens (including phenoxy) is 19. The number of halogens is 3. The van der Waals surface area contributed by atoms with Crippen molar-refractivity contribution in [3.8, 4) is 0 Å². The van der Waals surface area contributed by atoms with Crippen LogP contribution in [0.5, 0.6) is 0 Å². The number of hydrogen-bond donors (Lipinski definition) is 36. The summed E-state index contributed by atoms with van der Waals surface area (Å²) >= 11 is 0. The molecule has 0 aromatic rings. The maximum atomic E-state index is 13.4. The summed E-state index contributed by atoms with van der Waals surface area (Å²) in [7, 11) is -42.8. The standard InChI is InChI=1S/C62H96F3N5O73S7/c63-62(64,65)61(100)66-11-17(77)16(76)6(1-71)122-52(11)132-34-23(83)25(85)57(137-42(34)47(91)92)128-29-7(2-72)123-54(12(18(29)78)67-144(101,102)103)134-35-26(86)38(141-148(113,114)115)59(138-43(35)48(93)94)130-31-9(4-74)125-56(14(20(31)80)69-146(107,108)109)136-37-28(88)40(143-150(119,120)121)60(140-45(37)50(97)98)131-32-10(5-75)126-55(15(21(32)81)70-147(110,111)112)135-36-27(87)39(142-149(116,117)118)58(139-44(36)49(95)96)129-30-8(3-73)124-53(13(19(30)79)68-145(104,105)106)133-33-22(82)24(84)51(99)127-41(33)46(89)90/h6-45,51-60,67-88,99H,1-5H2,(H,66,100)(H,89,90)(H,91,92)(H,93,94)(H,95,96)(H,97,98)(H,101,102,103)(H,104,105,106)(H,107,108,109)(H,110,111,112)(H,113,114,115)(H,116,117,118)(H,119,120,121)/t6-,7-,8-,9-,10-,11-,12-,13-,14-,15-,16-,17-,18-,19-,20-,21-,22-,23-,24-,25-,26+,27+,28+,29-,30-,31-,32-,33+,34+,35+,36+,37+,38-,39+,40-,41+,42+,43-,44-,45-,51-,52-,53-,54-,55-,56-,57-,58-,59-,60-/m1/s1. The number of carbonyl (C=O) groups excluding carboxylic acids is 1. The zero-order valence-electron chi connectivity index (χ0n) is 73.4. The average molecular weight is 2360 g/mol. The van der Waals surface area contributed by atoms with Gasteiger partial charge in [0.2, 0.25) is 0 Å². The lowest BCUT2D eigenvalue weighted by atomic mass is 9.94. The molecule has 88 heteroatoms. The molecular weight excluding hydrogens is 2260 g/mol. The van der Waals surface area contributed by atoms with E-state index in [1.165, 1.54) is 24.2 Å². The molecule has 78 nitrogen and oxygen atoms in total. The van der Waals surface area contributed by atoms with Crippen molar-refractivity contribution >= 4 is 108 Å². The monoisotopic (exact) mass is 2360 g/mol. The van der Waals surface area contributed by atoms with Crippen molar-refractivity contribution in [1.29, 1.82) is 0 Å². The van der Waals surface area contributed by atoms with Crippen LogP contribution < -0.4 is 24.2 Å². The Morgan fingerprint density at radius 3 is 0.687 bits per heavy atom. The predicted octanol–water partition coefficient (Wildman–Crippen LogP) is -24.6. The Morgan fingerprint density at radius 1 is 0.240 bits per heavy atom. The summed E-state index contributed by atoms with van der Waals surface area (Å²) < 4.78 is 408. The molecule has 10 aliphatic rings. The molecule has 10 saturated heterocycles. The van der Waals surface area contributed by atoms with Crippen LogP contribution in [0.15, 0.2) is 0 Å². The van der Waals surface area contributed by atoms with Gasteiger partial charge in [-0.3, -0.25) is 36.7 Å². The normalized spacial score (nSPS) is 43.5. The van der Waals surface area contributed by atoms with E-state index in [-0.39, 0.29) is 0 Å². The van der Waals surface area contributed by atoms with Gasteiger partial charge in [-0.05, 0) is 0 Å². The van der Waals surface area contributed by atoms with E-state index in [9.17, 15) is 255 Å². The van der Waals surface area contributed by atoms with Crippen molar-refractivity contribution in [2.45, 2.75) is 313 Å². The first-order valence-corrected chi connectivity index (χ1v) is 51.3. The maximum Gasteiger partial charge on any atom is 0.471 e. The lowest BCUT2D eigenvalue weighted by Gasteiger charge is -2.51. The molecule has 10 aliphatic heterocycles. The molecule has 0 radical (unpaired) electrons. The predicted molar refractivity (Wildman–Crippen MR) is 426 cm³/mol. The number of aliphatic hydroxyl groups is 19. The third kappa shape index (κ3) is 30.4. The minimum absolute atomic E-state index is 1.17. The third-order valence-corrected chi connectivity index (χ3v) is 26.9. The van der Waals surface area contributed by atoms with Gasteiger partial charge in [-0.25, -0.2) is 36.5 Å². The molecule has 10 heterocycles. The highest BCUT2D eigenvalue weighted by Gasteiger charge is 2.66. The second kappa shape index (κ2) is 49.3. The number of alkyl halides is 3. The molecule has 0 aromatic carbocycles. The van der Waals surface area contributed by atoms with Crippen LogP contribution in [-0.4, -0.2) is 595 Å². The molecule has 50 atom stereocenters. The van der Waals surface area contributed by atoms with Crippen LogP contribution in [0.1, 0.15) is 0 Å². The Bertz CT molecular complexity index is 5480. The number of aliphatic hydroxyl groups excluding tert-OH is 19. The van der Waals surface area contributed by atoms with Crippen LogP contribution in [0.4, 0.5) is 13.2 Å². The minimum atomic E-state index is -6.35. The van der Waals surface area contributed by atoms with E-state index in [4.69, 9.17) is 90.0 Å². The van der Waals surface area contributed by atoms with Gasteiger partial charge in [0.05, 0.1) is 33.0 Å². The van der Waals surface area contributed by atoms with Crippen molar-refractivity contribution < 1.29 is 358 Å². The van der Waals surface area contributed by atoms with E-state index in [1.54, 1.807) is 0 Å². The van der Waals surface area contributed by atoms with Crippen molar-refractivity contribution in [1.82, 2.24) is 24.2 Å². The van der Waals surface area contributed by atoms with Crippen LogP contribution in [0.25, 0.3) is 0 Å². The zero-order valence-corrected chi connectivity index (χ0v) is 79.1. The molecule has 0 aliphatic carbocycles. The first-order chi connectivity index (χ1) is 69.0. The number of carboxylic acid groups (broad SMARTS) is 5. The van der Waals surface area contributed by atoms with Gasteiger partial charge in [0.15, 0.2) is 112 Å². The summed E-state index contributed by atoms with van der Waals surface area (Å²) in [5.41, 5.74) is 0. The fourth-order valence-electron chi connectivity index (χ4n) is 16.7. The number of nitrogens with one attached hydrogen (secondary N) is 5. The highest BCUT2D eigenvalue weighted by molar-refractivity contribution is 7.84. The van der Waals surface area contributed by atoms with Crippen molar-refractivity contribution in [2.24, 2.45) is 0 Å². The third-order valence-electron chi connectivity index (χ3n) is 23.2. The topological polar surface area (TPSA) is 1230 Å². The molecule has 0 saturated carbocycles. The van der Waals surface area contributed by atoms with Crippen molar-refractivity contribution in [3.05, 3.63) is 0 Å². The van der Waals surface area contributed by atoms with Gasteiger partial charge in [-0.1, -0.05) is 0 Å². The Kier molecular flexibility index (Phi) is 41.4. The van der Waals surface area contributed by atoms with Gasteiger partial charge in [-0.15, -0.1) is 0 Å². The molecule has 0 unspecified atom stereocenters. The Morgan fingerprint density at radius 2 is 0.453 bits per heavy atom. The summed E-state index contributed by atoms with van der Waals surface area (Å²) in [6.07, 6.45) is -137. The highest BCUT2D eigenvalue weighted by Crippen LogP contribution is 2.44. The van der Waals surface area contributed by atoms with E-state index in [1.807, 2.05) is 0 Å². The molecular formula is C62H96F3N5O73S7. The summed E-state index contributed by atoms with van der Waals surface area (Å²) in [5, 5.41) is 264. The van der Waals surface area contributed by atoms with Crippen LogP contribution in [0, 0.1) is 0 Å². The van der Waals surface area contributed by atoms with Gasteiger partial charge in [0.1, 0.15) is 195 Å². The summed E-state index contributed by atoms with van der Waals surface area (Å²) in [6.45, 7) is -8.25. The molecule has 0 bridgehead atoms. The molecule has 870 valence electrons. The number of hydrogen-bond acceptors (Lipinski definition) is 61. The number of rotatable bonds is 43. The van der Waals surface area contributed by atoms with E-state index < -0.39 is 454 Å². The molecule has 1 amide bonds. The van der Waals surface area contributed by atoms with E-state index in [2.05, 4.69) is 12.5 Å². The minimum Gasteiger partial charge on any atom is -0.479 e. The quantitative estimate of drug-likeness (QED) is 0.0252. The lowest BCUT2D eigenvalue weighted by Crippen LogP contribution is -2.71. The molecule has 10 rings (SSSR count). The largest absolute Gasteiger partial charge is 0.479 e. The van der Waals surface area contributed by atoms with Gasteiger partial charge in [0, 0.05) is 0 Å². The fraction of sp³-hybridized carbons (Fsp3) is 0.903. The smallest absolute Gasteiger partial charge is 0.471 e. The van der Waals surface area contributed by atoms with E-state index in [0.717, 1.165) is 0 Å². The Balaban J connectivity index is 0.883. The summed E-state index contributed by atoms with van der Waals surface area (Å²) in [5.74, 6) is -14.9. The van der Waals surface area contributed by atoms with Gasteiger partial charge < -0.3 is 218 Å². The summed E-state index contributed by atoms with van der Waals surface area (Å²) in [4.78, 5) is 76.8. The first-order valence-electron chi connectivity index (χ1n) is 41.5. The van der Waals surface area contributed by atoms with Crippen molar-refractivity contribution in [3.63, 3.8) is 0 Å². The number of aliphatic carboxylic acids is 5. The second-order valence-corrected chi connectivity index (χ2v) is 41.1. The van der Waals surface area contributed by atoms with E-state index in [0.29, 0.717) is 0 Å². The summed E-state index contributed by atoms with van der Waals surface area (Å²) in [6, 6.07) is -14.5. The van der Waals surface area contributed by atoms with Crippen molar-refractivity contribution in [2.75, 3.05) is 33.0 Å². The van der Waals surface area contributed by atoms with Crippen LogP contribution in [0.2, 0.25) is 0 Å². The number of amides is 1. The Labute approximate surface area is 832 Å². The molecule has 0 aromatic heterocycles. The van der Waals surface area contributed by atoms with Gasteiger partial charge >= 0.3 is 114 Å². The van der Waals surface area contributed by atoms with Crippen LogP contribution in [0.3, 0.4) is 0 Å². The highest BCUT2D eigenvalue weighted by atomic mass is 32.3. The molecule has 0 spiro atoms. The fourth-order valence-corrected chi connectivity index (χ4v) is 20.5. The average Bonchev–Trinajstić information content (AvgIpc) is 0.751. The molecule has 10 fully saturated rings. The zero-order chi connectivity index (χ0) is 113. The Hall–Kier alpha value is -5.82. The first kappa shape index (κ1) is 126. The molecule has 36 N–H and O–H groups in total.